The summed E-state index contributed by atoms with van der Waals surface area (Å²) in [6, 6.07) is 42.7. The lowest BCUT2D eigenvalue weighted by Gasteiger charge is -2.25. The van der Waals surface area contributed by atoms with Crippen LogP contribution in [0.3, 0.4) is 0 Å². The normalized spacial score (nSPS) is 13.4. The van der Waals surface area contributed by atoms with Gasteiger partial charge in [-0.1, -0.05) is 110 Å². The molecule has 5 aromatic carbocycles. The summed E-state index contributed by atoms with van der Waals surface area (Å²) in [7, 11) is 0. The van der Waals surface area contributed by atoms with Crippen LogP contribution in [0.5, 0.6) is 0 Å². The lowest BCUT2D eigenvalue weighted by Crippen LogP contribution is -2.12. The molecule has 0 heterocycles. The SMILES string of the molecule is C=C1/C(=N\c2ccccc2C)c2cc(-c3ccccc3)ccc2-c2ccc(-c3ccccc3)cc21. The molecule has 166 valence electrons. The maximum atomic E-state index is 5.19. The van der Waals surface area contributed by atoms with Gasteiger partial charge in [0.15, 0.2) is 0 Å². The van der Waals surface area contributed by atoms with Gasteiger partial charge in [0, 0.05) is 11.1 Å². The molecule has 0 bridgehead atoms. The first-order valence-electron chi connectivity index (χ1n) is 11.9. The minimum absolute atomic E-state index is 0.935. The van der Waals surface area contributed by atoms with E-state index in [0.717, 1.165) is 33.7 Å². The Kier molecular flexibility index (Phi) is 5.24. The van der Waals surface area contributed by atoms with Gasteiger partial charge in [-0.3, -0.25) is 0 Å². The second-order valence-corrected chi connectivity index (χ2v) is 8.98. The van der Waals surface area contributed by atoms with E-state index in [-0.39, 0.29) is 0 Å². The Morgan fingerprint density at radius 3 is 1.60 bits per heavy atom. The van der Waals surface area contributed by atoms with Crippen LogP contribution in [0.2, 0.25) is 0 Å². The van der Waals surface area contributed by atoms with E-state index in [0.29, 0.717) is 0 Å². The number of aryl methyl sites for hydroxylation is 1. The molecule has 1 heteroatoms. The Hall–Kier alpha value is -4.49. The van der Waals surface area contributed by atoms with Crippen molar-refractivity contribution in [1.29, 1.82) is 0 Å². The summed E-state index contributed by atoms with van der Waals surface area (Å²) < 4.78 is 0. The Morgan fingerprint density at radius 1 is 0.486 bits per heavy atom. The van der Waals surface area contributed by atoms with E-state index in [1.54, 1.807) is 0 Å². The molecule has 5 aromatic rings. The topological polar surface area (TPSA) is 12.4 Å². The number of nitrogens with zero attached hydrogens (tertiary/aromatic N) is 1. The molecule has 0 amide bonds. The van der Waals surface area contributed by atoms with E-state index in [4.69, 9.17) is 4.99 Å². The minimum atomic E-state index is 0.935. The van der Waals surface area contributed by atoms with Crippen LogP contribution < -0.4 is 0 Å². The van der Waals surface area contributed by atoms with Crippen LogP contribution in [0.25, 0.3) is 39.0 Å². The van der Waals surface area contributed by atoms with Crippen LogP contribution in [-0.4, -0.2) is 5.71 Å². The maximum Gasteiger partial charge on any atom is 0.0788 e. The summed E-state index contributed by atoms with van der Waals surface area (Å²) in [5.74, 6) is 0. The highest BCUT2D eigenvalue weighted by Gasteiger charge is 2.26. The highest BCUT2D eigenvalue weighted by atomic mass is 14.8. The summed E-state index contributed by atoms with van der Waals surface area (Å²) in [6.07, 6.45) is 0. The molecule has 0 atom stereocenters. The van der Waals surface area contributed by atoms with Gasteiger partial charge in [0.05, 0.1) is 11.4 Å². The number of fused-ring (bicyclic) bond motifs is 3. The zero-order chi connectivity index (χ0) is 23.8. The predicted octanol–water partition coefficient (Wildman–Crippen LogP) is 9.14. The van der Waals surface area contributed by atoms with Crippen molar-refractivity contribution >= 4 is 17.0 Å². The molecular weight excluding hydrogens is 422 g/mol. The van der Waals surface area contributed by atoms with E-state index in [1.807, 2.05) is 12.1 Å². The van der Waals surface area contributed by atoms with Crippen LogP contribution in [0.4, 0.5) is 5.69 Å². The Morgan fingerprint density at radius 2 is 1.00 bits per heavy atom. The second-order valence-electron chi connectivity index (χ2n) is 8.98. The van der Waals surface area contributed by atoms with Gasteiger partial charge in [-0.05, 0) is 69.6 Å². The van der Waals surface area contributed by atoms with E-state index < -0.39 is 0 Å². The highest BCUT2D eigenvalue weighted by Crippen LogP contribution is 2.43. The summed E-state index contributed by atoms with van der Waals surface area (Å²) in [4.78, 5) is 5.19. The van der Waals surface area contributed by atoms with Crippen LogP contribution in [0, 0.1) is 6.92 Å². The van der Waals surface area contributed by atoms with Gasteiger partial charge in [0.2, 0.25) is 0 Å². The highest BCUT2D eigenvalue weighted by molar-refractivity contribution is 6.37. The number of hydrogen-bond donors (Lipinski definition) is 0. The molecule has 0 N–H and O–H groups in total. The molecule has 0 saturated heterocycles. The van der Waals surface area contributed by atoms with Crippen LogP contribution in [0.15, 0.2) is 133 Å². The third-order valence-corrected chi connectivity index (χ3v) is 6.76. The van der Waals surface area contributed by atoms with Crippen molar-refractivity contribution in [2.75, 3.05) is 0 Å². The summed E-state index contributed by atoms with van der Waals surface area (Å²) in [5.41, 5.74) is 13.4. The van der Waals surface area contributed by atoms with E-state index in [2.05, 4.69) is 123 Å². The fraction of sp³-hybridized carbons (Fsp3) is 0.0294. The van der Waals surface area contributed by atoms with Gasteiger partial charge in [0.25, 0.3) is 0 Å². The molecule has 1 aliphatic carbocycles. The van der Waals surface area contributed by atoms with Gasteiger partial charge >= 0.3 is 0 Å². The molecule has 1 aliphatic rings. The smallest absolute Gasteiger partial charge is 0.0788 e. The van der Waals surface area contributed by atoms with Crippen LogP contribution >= 0.6 is 0 Å². The number of benzene rings is 5. The number of para-hydroxylation sites is 1. The first-order chi connectivity index (χ1) is 17.2. The fourth-order valence-electron chi connectivity index (χ4n) is 4.85. The zero-order valence-electron chi connectivity index (χ0n) is 19.7. The van der Waals surface area contributed by atoms with Gasteiger partial charge in [-0.15, -0.1) is 0 Å². The summed E-state index contributed by atoms with van der Waals surface area (Å²) in [5, 5.41) is 0. The lowest BCUT2D eigenvalue weighted by atomic mass is 9.79. The predicted molar refractivity (Wildman–Crippen MR) is 149 cm³/mol. The fourth-order valence-corrected chi connectivity index (χ4v) is 4.85. The van der Waals surface area contributed by atoms with Crippen LogP contribution in [-0.2, 0) is 0 Å². The van der Waals surface area contributed by atoms with Crippen molar-refractivity contribution in [3.05, 3.63) is 145 Å². The Labute approximate surface area is 206 Å². The number of allylic oxidation sites excluding steroid dienone is 1. The molecule has 0 saturated carbocycles. The minimum Gasteiger partial charge on any atom is -0.247 e. The zero-order valence-corrected chi connectivity index (χ0v) is 19.7. The summed E-state index contributed by atoms with van der Waals surface area (Å²) in [6.45, 7) is 6.67. The van der Waals surface area contributed by atoms with E-state index in [9.17, 15) is 0 Å². The Balaban J connectivity index is 1.59. The average molecular weight is 448 g/mol. The van der Waals surface area contributed by atoms with Crippen molar-refractivity contribution < 1.29 is 0 Å². The van der Waals surface area contributed by atoms with Crippen LogP contribution in [0.1, 0.15) is 16.7 Å². The van der Waals surface area contributed by atoms with Gasteiger partial charge < -0.3 is 0 Å². The molecule has 6 rings (SSSR count). The molecule has 0 aromatic heterocycles. The second kappa shape index (κ2) is 8.70. The third kappa shape index (κ3) is 3.82. The molecule has 35 heavy (non-hydrogen) atoms. The van der Waals surface area contributed by atoms with Crippen molar-refractivity contribution in [2.24, 2.45) is 4.99 Å². The van der Waals surface area contributed by atoms with Crippen molar-refractivity contribution in [1.82, 2.24) is 0 Å². The number of hydrogen-bond acceptors (Lipinski definition) is 1. The summed E-state index contributed by atoms with van der Waals surface area (Å²) >= 11 is 0. The molecule has 0 spiro atoms. The molecule has 1 nitrogen and oxygen atoms in total. The van der Waals surface area contributed by atoms with Gasteiger partial charge in [-0.2, -0.15) is 0 Å². The van der Waals surface area contributed by atoms with Crippen molar-refractivity contribution in [3.8, 4) is 33.4 Å². The molecule has 0 radical (unpaired) electrons. The van der Waals surface area contributed by atoms with Gasteiger partial charge in [0.1, 0.15) is 0 Å². The van der Waals surface area contributed by atoms with E-state index >= 15 is 0 Å². The van der Waals surface area contributed by atoms with Gasteiger partial charge in [-0.25, -0.2) is 4.99 Å². The quantitative estimate of drug-likeness (QED) is 0.261. The lowest BCUT2D eigenvalue weighted by molar-refractivity contribution is 1.39. The Bertz CT molecular complexity index is 1590. The van der Waals surface area contributed by atoms with Crippen molar-refractivity contribution in [3.63, 3.8) is 0 Å². The molecule has 0 unspecified atom stereocenters. The monoisotopic (exact) mass is 447 g/mol. The molecule has 0 fully saturated rings. The maximum absolute atomic E-state index is 5.19. The van der Waals surface area contributed by atoms with E-state index in [1.165, 1.54) is 33.4 Å². The number of rotatable bonds is 3. The molecular formula is C34H25N. The standard InChI is InChI=1S/C34H25N/c1-23-11-9-10-16-33(23)35-34-24(2)31-21-27(25-12-5-3-6-13-25)17-19-29(31)30-20-18-28(22-32(30)34)26-14-7-4-8-15-26/h3-22H,2H2,1H3/b35-34+. The largest absolute Gasteiger partial charge is 0.247 e. The third-order valence-electron chi connectivity index (χ3n) is 6.76. The first-order valence-corrected chi connectivity index (χ1v) is 11.9. The first kappa shape index (κ1) is 21.1. The average Bonchev–Trinajstić information content (AvgIpc) is 2.92. The molecule has 0 aliphatic heterocycles. The van der Waals surface area contributed by atoms with Crippen molar-refractivity contribution in [2.45, 2.75) is 6.92 Å². The number of aliphatic imine (C=N–C) groups is 1.